The molecular weight excluding hydrogens is 416 g/mol. The number of non-ortho nitro benzene ring substituents is 1. The van der Waals surface area contributed by atoms with Crippen molar-refractivity contribution >= 4 is 17.3 Å². The third-order valence-corrected chi connectivity index (χ3v) is 6.47. The lowest BCUT2D eigenvalue weighted by Gasteiger charge is -2.26. The van der Waals surface area contributed by atoms with Gasteiger partial charge >= 0.3 is 0 Å². The summed E-state index contributed by atoms with van der Waals surface area (Å²) >= 11 is 0. The van der Waals surface area contributed by atoms with Crippen molar-refractivity contribution < 1.29 is 14.5 Å². The fourth-order valence-corrected chi connectivity index (χ4v) is 4.73. The zero-order valence-corrected chi connectivity index (χ0v) is 18.9. The van der Waals surface area contributed by atoms with E-state index in [9.17, 15) is 19.7 Å². The van der Waals surface area contributed by atoms with Crippen LogP contribution in [0.3, 0.4) is 0 Å². The van der Waals surface area contributed by atoms with Crippen LogP contribution >= 0.6 is 0 Å². The Labute approximate surface area is 193 Å². The van der Waals surface area contributed by atoms with Crippen LogP contribution in [0.4, 0.5) is 5.69 Å². The minimum absolute atomic E-state index is 0.0317. The number of carbonyl (C=O) groups is 2. The van der Waals surface area contributed by atoms with Gasteiger partial charge in [0.1, 0.15) is 0 Å². The summed E-state index contributed by atoms with van der Waals surface area (Å²) in [6.45, 7) is 4.30. The summed E-state index contributed by atoms with van der Waals surface area (Å²) in [5.41, 5.74) is 3.83. The van der Waals surface area contributed by atoms with Crippen molar-refractivity contribution in [3.63, 3.8) is 0 Å². The molecule has 1 heterocycles. The Balaban J connectivity index is 1.79. The molecule has 1 aliphatic heterocycles. The Morgan fingerprint density at radius 3 is 1.97 bits per heavy atom. The fourth-order valence-electron chi connectivity index (χ4n) is 4.73. The highest BCUT2D eigenvalue weighted by atomic mass is 16.6. The topological polar surface area (TPSA) is 80.5 Å². The number of nitro benzene ring substituents is 1. The van der Waals surface area contributed by atoms with Crippen molar-refractivity contribution in [3.05, 3.63) is 111 Å². The van der Waals surface area contributed by atoms with Gasteiger partial charge in [-0.05, 0) is 26.5 Å². The van der Waals surface area contributed by atoms with E-state index in [4.69, 9.17) is 0 Å². The van der Waals surface area contributed by atoms with E-state index < -0.39 is 22.8 Å². The molecule has 6 nitrogen and oxygen atoms in total. The average molecular weight is 443 g/mol. The van der Waals surface area contributed by atoms with Gasteiger partial charge < -0.3 is 0 Å². The van der Waals surface area contributed by atoms with Crippen LogP contribution in [0.1, 0.15) is 43.4 Å². The summed E-state index contributed by atoms with van der Waals surface area (Å²) in [4.78, 5) is 40.3. The maximum absolute atomic E-state index is 13.8. The lowest BCUT2D eigenvalue weighted by Crippen LogP contribution is -2.30. The highest BCUT2D eigenvalue weighted by Gasteiger charge is 2.48. The second kappa shape index (κ2) is 9.08. The highest BCUT2D eigenvalue weighted by Crippen LogP contribution is 2.43. The molecule has 0 saturated carbocycles. The summed E-state index contributed by atoms with van der Waals surface area (Å²) in [6, 6.07) is 20.6. The number of Topliss-reactive ketones (excluding diaryl/α,β-unsaturated/α-hetero) is 2. The Bertz CT molecular complexity index is 1200. The van der Waals surface area contributed by atoms with Gasteiger partial charge in [0.25, 0.3) is 5.69 Å². The summed E-state index contributed by atoms with van der Waals surface area (Å²) in [5.74, 6) is -1.43. The minimum Gasteiger partial charge on any atom is -0.298 e. The second-order valence-corrected chi connectivity index (χ2v) is 8.83. The van der Waals surface area contributed by atoms with Gasteiger partial charge in [0.05, 0.1) is 10.8 Å². The first kappa shape index (κ1) is 22.6. The Hall–Kier alpha value is -3.64. The van der Waals surface area contributed by atoms with Gasteiger partial charge in [-0.1, -0.05) is 71.8 Å². The number of rotatable bonds is 6. The Morgan fingerprint density at radius 2 is 1.42 bits per heavy atom. The smallest absolute Gasteiger partial charge is 0.269 e. The first-order chi connectivity index (χ1) is 15.8. The van der Waals surface area contributed by atoms with Gasteiger partial charge in [-0.25, -0.2) is 0 Å². The third kappa shape index (κ3) is 4.47. The van der Waals surface area contributed by atoms with Crippen molar-refractivity contribution in [2.24, 2.45) is 11.8 Å². The summed E-state index contributed by atoms with van der Waals surface area (Å²) < 4.78 is 0. The third-order valence-electron chi connectivity index (χ3n) is 6.47. The van der Waals surface area contributed by atoms with E-state index >= 15 is 0 Å². The van der Waals surface area contributed by atoms with Crippen LogP contribution in [0.5, 0.6) is 0 Å². The Morgan fingerprint density at radius 1 is 0.879 bits per heavy atom. The maximum Gasteiger partial charge on any atom is 0.269 e. The van der Waals surface area contributed by atoms with Crippen LogP contribution in [0.25, 0.3) is 0 Å². The maximum atomic E-state index is 13.8. The van der Waals surface area contributed by atoms with E-state index in [1.165, 1.54) is 12.1 Å². The van der Waals surface area contributed by atoms with E-state index in [0.717, 1.165) is 11.1 Å². The largest absolute Gasteiger partial charge is 0.298 e. The molecular formula is C27H26N2O4. The lowest BCUT2D eigenvalue weighted by molar-refractivity contribution is -0.385. The number of aryl methyl sites for hydroxylation is 2. The molecule has 4 rings (SSSR count). The van der Waals surface area contributed by atoms with Crippen LogP contribution in [-0.4, -0.2) is 35.0 Å². The van der Waals surface area contributed by atoms with Crippen LogP contribution in [0, 0.1) is 35.8 Å². The van der Waals surface area contributed by atoms with Crippen molar-refractivity contribution in [2.75, 3.05) is 13.6 Å². The second-order valence-electron chi connectivity index (χ2n) is 8.83. The van der Waals surface area contributed by atoms with E-state index in [1.807, 2.05) is 50.1 Å². The van der Waals surface area contributed by atoms with Gasteiger partial charge in [0.15, 0.2) is 11.6 Å². The summed E-state index contributed by atoms with van der Waals surface area (Å²) in [6.07, 6.45) is 0. The van der Waals surface area contributed by atoms with Gasteiger partial charge in [-0.2, -0.15) is 0 Å². The predicted octanol–water partition coefficient (Wildman–Crippen LogP) is 5.20. The zero-order chi connectivity index (χ0) is 23.7. The molecule has 168 valence electrons. The van der Waals surface area contributed by atoms with E-state index in [0.29, 0.717) is 23.2 Å². The first-order valence-electron chi connectivity index (χ1n) is 10.9. The van der Waals surface area contributed by atoms with Crippen LogP contribution in [0.15, 0.2) is 72.8 Å². The molecule has 1 saturated heterocycles. The van der Waals surface area contributed by atoms with Crippen LogP contribution < -0.4 is 0 Å². The Kier molecular flexibility index (Phi) is 6.20. The first-order valence-corrected chi connectivity index (χ1v) is 10.9. The fraction of sp³-hybridized carbons (Fsp3) is 0.259. The molecule has 0 spiro atoms. The number of carbonyl (C=O) groups excluding carboxylic acids is 2. The van der Waals surface area contributed by atoms with Gasteiger partial charge in [0.2, 0.25) is 0 Å². The number of ketones is 2. The zero-order valence-electron chi connectivity index (χ0n) is 18.9. The van der Waals surface area contributed by atoms with Crippen molar-refractivity contribution in [3.8, 4) is 0 Å². The molecule has 0 bridgehead atoms. The van der Waals surface area contributed by atoms with Crippen molar-refractivity contribution in [2.45, 2.75) is 19.9 Å². The molecule has 0 aromatic heterocycles. The van der Waals surface area contributed by atoms with E-state index in [2.05, 4.69) is 0 Å². The minimum atomic E-state index is -0.659. The van der Waals surface area contributed by atoms with Gasteiger partial charge in [-0.3, -0.25) is 24.6 Å². The number of likely N-dealkylation sites (tertiary alicyclic amines) is 1. The molecule has 0 aliphatic carbocycles. The molecule has 33 heavy (non-hydrogen) atoms. The number of hydrogen-bond donors (Lipinski definition) is 0. The number of nitrogens with zero attached hydrogens (tertiary/aromatic N) is 2. The van der Waals surface area contributed by atoms with Crippen molar-refractivity contribution in [1.29, 1.82) is 0 Å². The normalized spacial score (nSPS) is 20.5. The molecule has 0 amide bonds. The number of benzene rings is 3. The molecule has 0 N–H and O–H groups in total. The van der Waals surface area contributed by atoms with Crippen molar-refractivity contribution in [1.82, 2.24) is 4.90 Å². The van der Waals surface area contributed by atoms with Gasteiger partial charge in [0, 0.05) is 41.8 Å². The lowest BCUT2D eigenvalue weighted by atomic mass is 9.78. The molecule has 3 aromatic carbocycles. The highest BCUT2D eigenvalue weighted by molar-refractivity contribution is 6.06. The van der Waals surface area contributed by atoms with Crippen LogP contribution in [-0.2, 0) is 0 Å². The standard InChI is InChI=1S/C27H26N2O4/c1-17-7-11-19(12-8-17)26(30)23-16-28(3)25(21-5-4-6-22(15-21)29(32)33)24(23)27(31)20-13-9-18(2)10-14-20/h4-15,23-25H,16H2,1-3H3/t23-,24-,25-/m1/s1. The van der Waals surface area contributed by atoms with E-state index in [1.54, 1.807) is 36.4 Å². The summed E-state index contributed by atoms with van der Waals surface area (Å²) in [7, 11) is 1.86. The van der Waals surface area contributed by atoms with E-state index in [-0.39, 0.29) is 17.3 Å². The summed E-state index contributed by atoms with van der Waals surface area (Å²) in [5, 5.41) is 11.4. The molecule has 3 aromatic rings. The predicted molar refractivity (Wildman–Crippen MR) is 126 cm³/mol. The molecule has 0 unspecified atom stereocenters. The molecule has 1 aliphatic rings. The van der Waals surface area contributed by atoms with Crippen LogP contribution in [0.2, 0.25) is 0 Å². The average Bonchev–Trinajstić information content (AvgIpc) is 3.16. The molecule has 6 heteroatoms. The quantitative estimate of drug-likeness (QED) is 0.298. The SMILES string of the molecule is Cc1ccc(C(=O)[C@H]2[C@@H](c3cccc([N+](=O)[O-])c3)N(C)C[C@H]2C(=O)c2ccc(C)cc2)cc1. The number of nitro groups is 1. The van der Waals surface area contributed by atoms with Gasteiger partial charge in [-0.15, -0.1) is 0 Å². The molecule has 3 atom stereocenters. The molecule has 1 fully saturated rings. The number of hydrogen-bond acceptors (Lipinski definition) is 5. The monoisotopic (exact) mass is 442 g/mol. The molecule has 0 radical (unpaired) electrons.